The number of anilines is 1. The third-order valence-electron chi connectivity index (χ3n) is 4.56. The molecule has 7 nitrogen and oxygen atoms in total. The molecule has 27 heavy (non-hydrogen) atoms. The van der Waals surface area contributed by atoms with E-state index in [0.717, 1.165) is 18.4 Å². The van der Waals surface area contributed by atoms with Crippen molar-refractivity contribution in [3.8, 4) is 0 Å². The number of aromatic nitrogens is 3. The summed E-state index contributed by atoms with van der Waals surface area (Å²) in [5.41, 5.74) is 8.35. The molecule has 0 saturated carbocycles. The van der Waals surface area contributed by atoms with E-state index in [4.69, 9.17) is 10.7 Å². The zero-order valence-electron chi connectivity index (χ0n) is 15.7. The van der Waals surface area contributed by atoms with Crippen LogP contribution < -0.4 is 21.2 Å². The number of nitrogens with zero attached hydrogens (tertiary/aromatic N) is 3. The van der Waals surface area contributed by atoms with Crippen molar-refractivity contribution in [2.24, 2.45) is 0 Å². The highest BCUT2D eigenvalue weighted by molar-refractivity contribution is 6.00. The minimum absolute atomic E-state index is 0.221. The van der Waals surface area contributed by atoms with Crippen molar-refractivity contribution in [1.82, 2.24) is 14.7 Å². The average molecular weight is 366 g/mol. The van der Waals surface area contributed by atoms with Gasteiger partial charge in [-0.1, -0.05) is 30.5 Å². The number of nitrogens with two attached hydrogens (primary N) is 1. The molecule has 0 aliphatic heterocycles. The van der Waals surface area contributed by atoms with E-state index in [1.54, 1.807) is 22.9 Å². The number of pyridine rings is 2. The van der Waals surface area contributed by atoms with Crippen molar-refractivity contribution in [3.05, 3.63) is 58.5 Å². The summed E-state index contributed by atoms with van der Waals surface area (Å²) in [5, 5.41) is 3.09. The molecule has 3 aromatic heterocycles. The quantitative estimate of drug-likeness (QED) is 0.395. The van der Waals surface area contributed by atoms with E-state index in [1.807, 2.05) is 13.0 Å². The van der Waals surface area contributed by atoms with Crippen LogP contribution in [0.4, 0.5) is 5.82 Å². The predicted octanol–water partition coefficient (Wildman–Crippen LogP) is 1.74. The minimum atomic E-state index is -0.340. The van der Waals surface area contributed by atoms with E-state index < -0.39 is 0 Å². The highest BCUT2D eigenvalue weighted by Crippen LogP contribution is 2.16. The van der Waals surface area contributed by atoms with Crippen molar-refractivity contribution in [2.75, 3.05) is 12.3 Å². The van der Waals surface area contributed by atoms with Crippen LogP contribution in [0.3, 0.4) is 0 Å². The first-order valence-electron chi connectivity index (χ1n) is 9.02. The van der Waals surface area contributed by atoms with Gasteiger partial charge in [0.1, 0.15) is 10.9 Å². The molecule has 3 heterocycles. The fourth-order valence-electron chi connectivity index (χ4n) is 3.09. The number of hydrogen-bond donors (Lipinski definition) is 2. The van der Waals surface area contributed by atoms with Crippen LogP contribution in [-0.2, 0) is 6.54 Å². The number of unbranched alkanes of at least 4 members (excludes halogenated alkanes) is 1. The van der Waals surface area contributed by atoms with Gasteiger partial charge in [0.2, 0.25) is 11.5 Å². The number of amides is 1. The largest absolute Gasteiger partial charge is 0.348 e. The molecule has 0 bridgehead atoms. The Morgan fingerprint density at radius 1 is 1.48 bits per heavy atom. The summed E-state index contributed by atoms with van der Waals surface area (Å²) in [6, 6.07) is 5.25. The first kappa shape index (κ1) is 18.6. The molecule has 3 N–H and O–H groups in total. The highest BCUT2D eigenvalue weighted by Gasteiger charge is 2.24. The Hall–Kier alpha value is -3.22. The van der Waals surface area contributed by atoms with Gasteiger partial charge in [-0.15, -0.1) is 6.58 Å². The summed E-state index contributed by atoms with van der Waals surface area (Å²) in [7, 11) is 0. The van der Waals surface area contributed by atoms with Crippen molar-refractivity contribution < 1.29 is 9.36 Å². The van der Waals surface area contributed by atoms with Crippen LogP contribution in [0.5, 0.6) is 0 Å². The molecule has 140 valence electrons. The van der Waals surface area contributed by atoms with Gasteiger partial charge < -0.3 is 11.1 Å². The lowest BCUT2D eigenvalue weighted by Crippen LogP contribution is -2.43. The summed E-state index contributed by atoms with van der Waals surface area (Å²) in [4.78, 5) is 30.3. The van der Waals surface area contributed by atoms with Gasteiger partial charge in [0.15, 0.2) is 0 Å². The number of fused-ring (bicyclic) bond motifs is 2. The maximum atomic E-state index is 13.1. The van der Waals surface area contributed by atoms with Gasteiger partial charge in [-0.05, 0) is 25.5 Å². The number of nitrogen functional groups attached to an aromatic ring is 1. The lowest BCUT2D eigenvalue weighted by Gasteiger charge is -2.12. The van der Waals surface area contributed by atoms with Crippen molar-refractivity contribution in [3.63, 3.8) is 0 Å². The second kappa shape index (κ2) is 7.57. The lowest BCUT2D eigenvalue weighted by molar-refractivity contribution is -0.659. The molecule has 1 amide bonds. The Balaban J connectivity index is 2.37. The molecular formula is C20H24N5O2+. The summed E-state index contributed by atoms with van der Waals surface area (Å²) in [5.74, 6) is -0.0318. The Morgan fingerprint density at radius 3 is 2.96 bits per heavy atom. The number of carbonyl (C=O) groups is 1. The summed E-state index contributed by atoms with van der Waals surface area (Å²) >= 11 is 0. The van der Waals surface area contributed by atoms with Crippen LogP contribution in [-0.4, -0.2) is 21.8 Å². The number of aryl methyl sites for hydroxylation is 2. The topological polar surface area (TPSA) is 93.4 Å². The zero-order valence-corrected chi connectivity index (χ0v) is 15.7. The monoisotopic (exact) mass is 366 g/mol. The van der Waals surface area contributed by atoms with Gasteiger partial charge in [-0.2, -0.15) is 0 Å². The van der Waals surface area contributed by atoms with E-state index in [2.05, 4.69) is 18.8 Å². The van der Waals surface area contributed by atoms with Crippen LogP contribution >= 0.6 is 0 Å². The van der Waals surface area contributed by atoms with Gasteiger partial charge in [0.25, 0.3) is 17.1 Å². The maximum absolute atomic E-state index is 13.1. The van der Waals surface area contributed by atoms with Crippen LogP contribution in [0.25, 0.3) is 16.7 Å². The van der Waals surface area contributed by atoms with Crippen LogP contribution in [0.2, 0.25) is 0 Å². The van der Waals surface area contributed by atoms with Crippen LogP contribution in [0, 0.1) is 6.92 Å². The molecule has 0 radical (unpaired) electrons. The molecule has 0 aromatic carbocycles. The third-order valence-corrected chi connectivity index (χ3v) is 4.56. The first-order chi connectivity index (χ1) is 13.0. The van der Waals surface area contributed by atoms with E-state index in [-0.39, 0.29) is 17.0 Å². The molecule has 3 aromatic rings. The molecule has 0 unspecified atom stereocenters. The van der Waals surface area contributed by atoms with E-state index in [0.29, 0.717) is 35.6 Å². The standard InChI is InChI=1S/C20H23N5O2/c1-4-6-10-24-16(21)14(19(26)22-9-5-2)12-15-18(24)23-17-13(3)8-7-11-25(17)20(15)27/h5,7-8,11-12,21H,2,4,6,9-10H2,1,3H3,(H,22,26)/p+1. The molecule has 0 fully saturated rings. The number of rotatable bonds is 6. The zero-order chi connectivity index (χ0) is 19.6. The molecule has 3 rings (SSSR count). The molecular weight excluding hydrogens is 342 g/mol. The van der Waals surface area contributed by atoms with Gasteiger partial charge in [0.05, 0.1) is 6.54 Å². The smallest absolute Gasteiger partial charge is 0.278 e. The molecule has 0 aliphatic carbocycles. The Labute approximate surface area is 157 Å². The Kier molecular flexibility index (Phi) is 5.21. The minimum Gasteiger partial charge on any atom is -0.348 e. The lowest BCUT2D eigenvalue weighted by atomic mass is 10.1. The van der Waals surface area contributed by atoms with Gasteiger partial charge in [-0.3, -0.25) is 14.0 Å². The molecule has 0 atom stereocenters. The Morgan fingerprint density at radius 2 is 2.26 bits per heavy atom. The van der Waals surface area contributed by atoms with Crippen LogP contribution in [0.1, 0.15) is 35.7 Å². The molecule has 0 saturated heterocycles. The summed E-state index contributed by atoms with van der Waals surface area (Å²) in [6.45, 7) is 8.47. The Bertz CT molecular complexity index is 1100. The summed E-state index contributed by atoms with van der Waals surface area (Å²) in [6.07, 6.45) is 5.08. The summed E-state index contributed by atoms with van der Waals surface area (Å²) < 4.78 is 3.28. The molecule has 0 spiro atoms. The fraction of sp³-hybridized carbons (Fsp3) is 0.300. The number of nitrogens with one attached hydrogen (secondary N) is 1. The highest BCUT2D eigenvalue weighted by atomic mass is 16.1. The number of carbonyl (C=O) groups excluding carboxylic acids is 1. The average Bonchev–Trinajstić information content (AvgIpc) is 2.66. The first-order valence-corrected chi connectivity index (χ1v) is 9.02. The van der Waals surface area contributed by atoms with Gasteiger partial charge in [-0.25, -0.2) is 4.57 Å². The fourth-order valence-corrected chi connectivity index (χ4v) is 3.09. The van der Waals surface area contributed by atoms with Crippen molar-refractivity contribution in [1.29, 1.82) is 0 Å². The van der Waals surface area contributed by atoms with Gasteiger partial charge in [0, 0.05) is 18.3 Å². The second-order valence-electron chi connectivity index (χ2n) is 6.49. The molecule has 0 aliphatic rings. The van der Waals surface area contributed by atoms with E-state index in [1.165, 1.54) is 10.5 Å². The van der Waals surface area contributed by atoms with E-state index >= 15 is 0 Å². The van der Waals surface area contributed by atoms with E-state index in [9.17, 15) is 9.59 Å². The molecule has 7 heteroatoms. The predicted molar refractivity (Wildman–Crippen MR) is 106 cm³/mol. The maximum Gasteiger partial charge on any atom is 0.278 e. The van der Waals surface area contributed by atoms with Gasteiger partial charge >= 0.3 is 0 Å². The SMILES string of the molecule is C=CCNC(=O)c1cc2c(=O)n3cccc(C)c3nc2[n+](CCCC)c1N. The normalized spacial score (nSPS) is 11.0. The van der Waals surface area contributed by atoms with Crippen LogP contribution in [0.15, 0.2) is 41.8 Å². The van der Waals surface area contributed by atoms with Crippen molar-refractivity contribution >= 4 is 28.4 Å². The third kappa shape index (κ3) is 3.28. The number of hydrogen-bond acceptors (Lipinski definition) is 4. The van der Waals surface area contributed by atoms with Crippen molar-refractivity contribution in [2.45, 2.75) is 33.2 Å². The second-order valence-corrected chi connectivity index (χ2v) is 6.49.